The van der Waals surface area contributed by atoms with E-state index in [1.54, 1.807) is 6.21 Å². The van der Waals surface area contributed by atoms with Gasteiger partial charge in [-0.2, -0.15) is 0 Å². The molecule has 108 valence electrons. The molecular formula is C16H24N4. The van der Waals surface area contributed by atoms with Gasteiger partial charge >= 0.3 is 0 Å². The van der Waals surface area contributed by atoms with Crippen LogP contribution in [0.3, 0.4) is 0 Å². The molecule has 0 N–H and O–H groups in total. The van der Waals surface area contributed by atoms with Crippen molar-refractivity contribution in [1.82, 2.24) is 4.90 Å². The summed E-state index contributed by atoms with van der Waals surface area (Å²) in [6.07, 6.45) is 12.0. The average Bonchev–Trinajstić information content (AvgIpc) is 2.47. The zero-order valence-electron chi connectivity index (χ0n) is 12.4. The van der Waals surface area contributed by atoms with E-state index in [9.17, 15) is 0 Å². The summed E-state index contributed by atoms with van der Waals surface area (Å²) in [5, 5.41) is 0. The van der Waals surface area contributed by atoms with Crippen LogP contribution in [0.4, 0.5) is 0 Å². The maximum absolute atomic E-state index is 4.55. The van der Waals surface area contributed by atoms with E-state index in [1.165, 1.54) is 31.4 Å². The molecule has 4 nitrogen and oxygen atoms in total. The van der Waals surface area contributed by atoms with Gasteiger partial charge in [0.1, 0.15) is 12.5 Å². The maximum atomic E-state index is 4.55. The number of hydrogen-bond donors (Lipinski definition) is 0. The largest absolute Gasteiger partial charge is 0.354 e. The Bertz CT molecular complexity index is 457. The minimum atomic E-state index is 0.664. The first kappa shape index (κ1) is 14.7. The monoisotopic (exact) mass is 272 g/mol. The second kappa shape index (κ2) is 7.78. The molecule has 0 fully saturated rings. The zero-order valence-corrected chi connectivity index (χ0v) is 12.4. The van der Waals surface area contributed by atoms with Gasteiger partial charge in [-0.3, -0.25) is 4.99 Å². The quantitative estimate of drug-likeness (QED) is 0.667. The van der Waals surface area contributed by atoms with E-state index in [2.05, 4.69) is 38.7 Å². The Morgan fingerprint density at radius 1 is 1.20 bits per heavy atom. The van der Waals surface area contributed by atoms with Crippen molar-refractivity contribution in [2.75, 3.05) is 19.8 Å². The second-order valence-electron chi connectivity index (χ2n) is 5.31. The minimum absolute atomic E-state index is 0.664. The van der Waals surface area contributed by atoms with Crippen molar-refractivity contribution >= 4 is 18.3 Å². The first-order chi connectivity index (χ1) is 9.75. The summed E-state index contributed by atoms with van der Waals surface area (Å²) < 4.78 is 0. The van der Waals surface area contributed by atoms with Crippen molar-refractivity contribution in [2.45, 2.75) is 39.0 Å². The number of fused-ring (bicyclic) bond motifs is 1. The lowest BCUT2D eigenvalue weighted by atomic mass is 10.1. The van der Waals surface area contributed by atoms with Crippen LogP contribution in [0.15, 0.2) is 38.9 Å². The number of nitrogens with zero attached hydrogens (tertiary/aromatic N) is 4. The Hall–Kier alpha value is -1.71. The lowest BCUT2D eigenvalue weighted by molar-refractivity contribution is 0.340. The van der Waals surface area contributed by atoms with Crippen LogP contribution in [0, 0.1) is 0 Å². The molecule has 20 heavy (non-hydrogen) atoms. The Morgan fingerprint density at radius 3 is 2.95 bits per heavy atom. The van der Waals surface area contributed by atoms with Gasteiger partial charge in [-0.25, -0.2) is 9.98 Å². The van der Waals surface area contributed by atoms with Gasteiger partial charge in [-0.1, -0.05) is 19.4 Å². The summed E-state index contributed by atoms with van der Waals surface area (Å²) in [7, 11) is 0. The third-order valence-corrected chi connectivity index (χ3v) is 3.54. The summed E-state index contributed by atoms with van der Waals surface area (Å²) in [6.45, 7) is 8.38. The molecule has 2 heterocycles. The highest BCUT2D eigenvalue weighted by Gasteiger charge is 2.10. The molecule has 2 aliphatic heterocycles. The Labute approximate surface area is 121 Å². The van der Waals surface area contributed by atoms with E-state index in [4.69, 9.17) is 0 Å². The summed E-state index contributed by atoms with van der Waals surface area (Å²) in [4.78, 5) is 15.7. The van der Waals surface area contributed by atoms with E-state index in [1.807, 2.05) is 6.92 Å². The summed E-state index contributed by atoms with van der Waals surface area (Å²) >= 11 is 0. The molecule has 2 aliphatic rings. The minimum Gasteiger partial charge on any atom is -0.354 e. The molecule has 0 unspecified atom stereocenters. The van der Waals surface area contributed by atoms with E-state index < -0.39 is 0 Å². The van der Waals surface area contributed by atoms with Crippen LogP contribution >= 0.6 is 0 Å². The van der Waals surface area contributed by atoms with Crippen LogP contribution in [0.2, 0.25) is 0 Å². The van der Waals surface area contributed by atoms with E-state index in [0.717, 1.165) is 24.4 Å². The topological polar surface area (TPSA) is 40.3 Å². The van der Waals surface area contributed by atoms with Gasteiger partial charge in [-0.05, 0) is 44.0 Å². The fraction of sp³-hybridized carbons (Fsp3) is 0.562. The second-order valence-corrected chi connectivity index (χ2v) is 5.31. The molecule has 0 aromatic heterocycles. The third kappa shape index (κ3) is 4.76. The van der Waals surface area contributed by atoms with Gasteiger partial charge < -0.3 is 4.90 Å². The highest BCUT2D eigenvalue weighted by molar-refractivity contribution is 5.94. The van der Waals surface area contributed by atoms with E-state index in [-0.39, 0.29) is 0 Å². The normalized spacial score (nSPS) is 21.9. The Balaban J connectivity index is 2.22. The lowest BCUT2D eigenvalue weighted by Gasteiger charge is -2.25. The van der Waals surface area contributed by atoms with Crippen LogP contribution in [0.1, 0.15) is 39.0 Å². The van der Waals surface area contributed by atoms with Crippen molar-refractivity contribution in [1.29, 1.82) is 0 Å². The smallest absolute Gasteiger partial charge is 0.122 e. The Kier molecular flexibility index (Phi) is 5.71. The lowest BCUT2D eigenvalue weighted by Crippen LogP contribution is -2.26. The maximum Gasteiger partial charge on any atom is 0.122 e. The van der Waals surface area contributed by atoms with Crippen LogP contribution in [-0.4, -0.2) is 42.9 Å². The molecule has 0 saturated carbocycles. The number of rotatable bonds is 0. The SMILES string of the molecule is C=C1C=NC(C)=NCN2CCCCCCC=NCC2=C1. The average molecular weight is 272 g/mol. The van der Waals surface area contributed by atoms with Crippen LogP contribution in [-0.2, 0) is 0 Å². The standard InChI is InChI=1S/C16H24N4/c1-14-10-16-12-17-8-6-4-3-5-7-9-20(16)13-19-15(2)18-11-14/h8,10-11H,1,3-7,9,12-13H2,2H3. The molecule has 0 bridgehead atoms. The fourth-order valence-electron chi connectivity index (χ4n) is 2.34. The summed E-state index contributed by atoms with van der Waals surface area (Å²) in [5.41, 5.74) is 2.10. The first-order valence-electron chi connectivity index (χ1n) is 7.43. The number of allylic oxidation sites excluding steroid dienone is 2. The molecule has 0 radical (unpaired) electrons. The first-order valence-corrected chi connectivity index (χ1v) is 7.43. The van der Waals surface area contributed by atoms with Gasteiger partial charge in [0.2, 0.25) is 0 Å². The molecule has 0 saturated heterocycles. The summed E-state index contributed by atoms with van der Waals surface area (Å²) in [5.74, 6) is 0.804. The van der Waals surface area contributed by atoms with E-state index >= 15 is 0 Å². The molecule has 4 heteroatoms. The van der Waals surface area contributed by atoms with Gasteiger partial charge in [0.15, 0.2) is 0 Å². The van der Waals surface area contributed by atoms with Crippen molar-refractivity contribution < 1.29 is 0 Å². The fourth-order valence-corrected chi connectivity index (χ4v) is 2.34. The highest BCUT2D eigenvalue weighted by Crippen LogP contribution is 2.14. The molecule has 2 rings (SSSR count). The van der Waals surface area contributed by atoms with E-state index in [0.29, 0.717) is 13.2 Å². The molecule has 0 aliphatic carbocycles. The van der Waals surface area contributed by atoms with Crippen LogP contribution < -0.4 is 0 Å². The molecular weight excluding hydrogens is 248 g/mol. The molecule has 0 aromatic carbocycles. The predicted octanol–water partition coefficient (Wildman–Crippen LogP) is 3.22. The van der Waals surface area contributed by atoms with Crippen molar-refractivity contribution in [3.8, 4) is 0 Å². The zero-order chi connectivity index (χ0) is 14.2. The summed E-state index contributed by atoms with van der Waals surface area (Å²) in [6, 6.07) is 0. The van der Waals surface area contributed by atoms with Gasteiger partial charge in [0.05, 0.1) is 6.54 Å². The predicted molar refractivity (Wildman–Crippen MR) is 86.8 cm³/mol. The number of amidine groups is 1. The number of aliphatic imine (C=N–C) groups is 3. The molecule has 0 amide bonds. The molecule has 0 spiro atoms. The van der Waals surface area contributed by atoms with Gasteiger partial charge in [-0.15, -0.1) is 0 Å². The van der Waals surface area contributed by atoms with Gasteiger partial charge in [0.25, 0.3) is 0 Å². The molecule has 0 aromatic rings. The van der Waals surface area contributed by atoms with Gasteiger partial charge in [0, 0.05) is 18.5 Å². The Morgan fingerprint density at radius 2 is 2.05 bits per heavy atom. The van der Waals surface area contributed by atoms with Crippen molar-refractivity contribution in [3.05, 3.63) is 23.9 Å². The van der Waals surface area contributed by atoms with Crippen LogP contribution in [0.5, 0.6) is 0 Å². The third-order valence-electron chi connectivity index (χ3n) is 3.54. The van der Waals surface area contributed by atoms with Crippen molar-refractivity contribution in [3.63, 3.8) is 0 Å². The highest BCUT2D eigenvalue weighted by atomic mass is 15.2. The van der Waals surface area contributed by atoms with Crippen molar-refractivity contribution in [2.24, 2.45) is 15.0 Å². The number of hydrogen-bond acceptors (Lipinski definition) is 4. The van der Waals surface area contributed by atoms with Crippen LogP contribution in [0.25, 0.3) is 0 Å². The molecule has 0 atom stereocenters.